The largest absolute Gasteiger partial charge is 0.508 e. The van der Waals surface area contributed by atoms with Crippen LogP contribution in [-0.4, -0.2) is 15.3 Å². The lowest BCUT2D eigenvalue weighted by atomic mass is 10.1. The molecule has 0 amide bonds. The van der Waals surface area contributed by atoms with Gasteiger partial charge in [-0.2, -0.15) is 0 Å². The lowest BCUT2D eigenvalue weighted by Crippen LogP contribution is -2.12. The summed E-state index contributed by atoms with van der Waals surface area (Å²) in [6, 6.07) is 21.4. The Bertz CT molecular complexity index is 1260. The van der Waals surface area contributed by atoms with Crippen molar-refractivity contribution in [1.29, 1.82) is 0 Å². The van der Waals surface area contributed by atoms with Crippen molar-refractivity contribution >= 4 is 17.1 Å². The van der Waals surface area contributed by atoms with Crippen LogP contribution in [0.2, 0.25) is 0 Å². The summed E-state index contributed by atoms with van der Waals surface area (Å²) in [4.78, 5) is 1.99. The third kappa shape index (κ3) is 4.44. The van der Waals surface area contributed by atoms with E-state index >= 15 is 0 Å². The van der Waals surface area contributed by atoms with E-state index in [4.69, 9.17) is 4.74 Å². The zero-order valence-electron chi connectivity index (χ0n) is 19.1. The van der Waals surface area contributed by atoms with Gasteiger partial charge in [-0.25, -0.2) is 0 Å². The zero-order chi connectivity index (χ0) is 23.7. The summed E-state index contributed by atoms with van der Waals surface area (Å²) >= 11 is 0. The number of hydrogen-bond acceptors (Lipinski definition) is 5. The normalized spacial score (nSPS) is 10.8. The molecule has 0 radical (unpaired) electrons. The third-order valence-corrected chi connectivity index (χ3v) is 5.84. The van der Waals surface area contributed by atoms with Gasteiger partial charge in [0, 0.05) is 17.8 Å². The number of ether oxygens (including phenoxy) is 1. The summed E-state index contributed by atoms with van der Waals surface area (Å²) < 4.78 is 6.00. The molecule has 0 saturated carbocycles. The van der Waals surface area contributed by atoms with Gasteiger partial charge in [0.05, 0.1) is 11.4 Å². The number of phenols is 3. The minimum atomic E-state index is 0.0922. The SMILES string of the molecule is Cc1ccc(O)cc1N(c1ccc(Oc2c(O)ccc(C)c2C)cc1)c1cc(O)ccc1C. The van der Waals surface area contributed by atoms with Crippen LogP contribution in [0, 0.1) is 27.7 Å². The lowest BCUT2D eigenvalue weighted by molar-refractivity contribution is 0.408. The molecule has 33 heavy (non-hydrogen) atoms. The molecule has 0 fully saturated rings. The molecule has 0 atom stereocenters. The van der Waals surface area contributed by atoms with Crippen LogP contribution in [-0.2, 0) is 0 Å². The van der Waals surface area contributed by atoms with Crippen molar-refractivity contribution < 1.29 is 20.1 Å². The molecule has 0 aromatic heterocycles. The lowest BCUT2D eigenvalue weighted by Gasteiger charge is -2.28. The first-order chi connectivity index (χ1) is 15.7. The van der Waals surface area contributed by atoms with E-state index in [1.807, 2.05) is 75.1 Å². The Balaban J connectivity index is 1.78. The second-order valence-electron chi connectivity index (χ2n) is 8.23. The number of aryl methyl sites for hydroxylation is 3. The first kappa shape index (κ1) is 22.1. The van der Waals surface area contributed by atoms with E-state index in [1.54, 1.807) is 30.3 Å². The average molecular weight is 442 g/mol. The van der Waals surface area contributed by atoms with Gasteiger partial charge in [-0.3, -0.25) is 0 Å². The highest BCUT2D eigenvalue weighted by molar-refractivity contribution is 5.81. The van der Waals surface area contributed by atoms with E-state index in [-0.39, 0.29) is 17.2 Å². The monoisotopic (exact) mass is 441 g/mol. The second kappa shape index (κ2) is 8.79. The van der Waals surface area contributed by atoms with Crippen molar-refractivity contribution in [2.24, 2.45) is 0 Å². The molecular formula is C28H27NO4. The quantitative estimate of drug-likeness (QED) is 0.303. The van der Waals surface area contributed by atoms with Crippen molar-refractivity contribution in [3.8, 4) is 28.7 Å². The topological polar surface area (TPSA) is 73.2 Å². The van der Waals surface area contributed by atoms with Crippen LogP contribution in [0.15, 0.2) is 72.8 Å². The molecule has 0 saturated heterocycles. The van der Waals surface area contributed by atoms with E-state index in [0.717, 1.165) is 39.3 Å². The van der Waals surface area contributed by atoms with Gasteiger partial charge in [-0.15, -0.1) is 0 Å². The number of nitrogens with zero attached hydrogens (tertiary/aromatic N) is 1. The van der Waals surface area contributed by atoms with Crippen molar-refractivity contribution in [2.45, 2.75) is 27.7 Å². The smallest absolute Gasteiger partial charge is 0.172 e. The minimum absolute atomic E-state index is 0.0922. The molecule has 4 aromatic rings. The maximum atomic E-state index is 10.2. The molecule has 4 rings (SSSR count). The molecule has 0 unspecified atom stereocenters. The zero-order valence-corrected chi connectivity index (χ0v) is 19.1. The van der Waals surface area contributed by atoms with Crippen molar-refractivity contribution in [3.05, 3.63) is 95.1 Å². The highest BCUT2D eigenvalue weighted by Crippen LogP contribution is 2.42. The molecule has 0 aliphatic rings. The summed E-state index contributed by atoms with van der Waals surface area (Å²) in [7, 11) is 0. The van der Waals surface area contributed by atoms with Crippen molar-refractivity contribution in [3.63, 3.8) is 0 Å². The summed E-state index contributed by atoms with van der Waals surface area (Å²) in [5.41, 5.74) is 6.27. The maximum absolute atomic E-state index is 10.2. The maximum Gasteiger partial charge on any atom is 0.172 e. The molecular weight excluding hydrogens is 414 g/mol. The number of anilines is 3. The summed E-state index contributed by atoms with van der Waals surface area (Å²) in [6.45, 7) is 7.83. The van der Waals surface area contributed by atoms with Gasteiger partial charge in [0.2, 0.25) is 0 Å². The summed E-state index contributed by atoms with van der Waals surface area (Å²) in [6.07, 6.45) is 0. The highest BCUT2D eigenvalue weighted by Gasteiger charge is 2.18. The fraction of sp³-hybridized carbons (Fsp3) is 0.143. The highest BCUT2D eigenvalue weighted by atomic mass is 16.5. The Hall–Kier alpha value is -4.12. The van der Waals surface area contributed by atoms with Crippen LogP contribution in [0.5, 0.6) is 28.7 Å². The standard InChI is InChI=1S/C28H27NO4/c1-17-7-14-27(32)28(20(17)4)33-24-12-8-21(9-13-24)29(25-15-22(30)10-5-18(25)2)26-16-23(31)11-6-19(26)3/h5-16,30-32H,1-4H3. The minimum Gasteiger partial charge on any atom is -0.508 e. The van der Waals surface area contributed by atoms with Crippen molar-refractivity contribution in [1.82, 2.24) is 0 Å². The van der Waals surface area contributed by atoms with Crippen LogP contribution in [0.4, 0.5) is 17.1 Å². The van der Waals surface area contributed by atoms with Gasteiger partial charge >= 0.3 is 0 Å². The van der Waals surface area contributed by atoms with Gasteiger partial charge in [0.1, 0.15) is 17.2 Å². The molecule has 5 nitrogen and oxygen atoms in total. The molecule has 168 valence electrons. The molecule has 0 spiro atoms. The van der Waals surface area contributed by atoms with E-state index in [2.05, 4.69) is 0 Å². The molecule has 4 aromatic carbocycles. The van der Waals surface area contributed by atoms with Crippen LogP contribution in [0.25, 0.3) is 0 Å². The van der Waals surface area contributed by atoms with Gasteiger partial charge in [0.15, 0.2) is 11.5 Å². The van der Waals surface area contributed by atoms with Gasteiger partial charge < -0.3 is 25.0 Å². The van der Waals surface area contributed by atoms with E-state index in [9.17, 15) is 15.3 Å². The van der Waals surface area contributed by atoms with Crippen LogP contribution < -0.4 is 9.64 Å². The van der Waals surface area contributed by atoms with Crippen LogP contribution in [0.1, 0.15) is 22.3 Å². The molecule has 0 heterocycles. The van der Waals surface area contributed by atoms with Gasteiger partial charge in [0.25, 0.3) is 0 Å². The Morgan fingerprint density at radius 3 is 1.67 bits per heavy atom. The number of rotatable bonds is 5. The van der Waals surface area contributed by atoms with Crippen LogP contribution >= 0.6 is 0 Å². The fourth-order valence-corrected chi connectivity index (χ4v) is 3.77. The number of hydrogen-bond donors (Lipinski definition) is 3. The molecule has 0 bridgehead atoms. The fourth-order valence-electron chi connectivity index (χ4n) is 3.77. The number of benzene rings is 4. The number of aromatic hydroxyl groups is 3. The van der Waals surface area contributed by atoms with Gasteiger partial charge in [-0.1, -0.05) is 18.2 Å². The van der Waals surface area contributed by atoms with Crippen molar-refractivity contribution in [2.75, 3.05) is 4.90 Å². The Labute approximate surface area is 193 Å². The Morgan fingerprint density at radius 1 is 0.606 bits per heavy atom. The summed E-state index contributed by atoms with van der Waals surface area (Å²) in [5.74, 6) is 1.43. The third-order valence-electron chi connectivity index (χ3n) is 5.84. The Morgan fingerprint density at radius 2 is 1.12 bits per heavy atom. The molecule has 5 heteroatoms. The molecule has 0 aliphatic carbocycles. The van der Waals surface area contributed by atoms with Crippen LogP contribution in [0.3, 0.4) is 0 Å². The first-order valence-corrected chi connectivity index (χ1v) is 10.7. The average Bonchev–Trinajstić information content (AvgIpc) is 2.80. The molecule has 0 aliphatic heterocycles. The van der Waals surface area contributed by atoms with E-state index < -0.39 is 0 Å². The number of phenolic OH excluding ortho intramolecular Hbond substituents is 3. The second-order valence-corrected chi connectivity index (χ2v) is 8.23. The molecule has 3 N–H and O–H groups in total. The van der Waals surface area contributed by atoms with E-state index in [0.29, 0.717) is 11.5 Å². The predicted molar refractivity (Wildman–Crippen MR) is 132 cm³/mol. The van der Waals surface area contributed by atoms with Gasteiger partial charge in [-0.05, 0) is 92.4 Å². The Kier molecular flexibility index (Phi) is 5.88. The predicted octanol–water partition coefficient (Wildman–Crippen LogP) is 7.30. The summed E-state index contributed by atoms with van der Waals surface area (Å²) in [5, 5.41) is 30.6. The van der Waals surface area contributed by atoms with E-state index in [1.165, 1.54) is 0 Å². The first-order valence-electron chi connectivity index (χ1n) is 10.7.